The third kappa shape index (κ3) is 3.62. The van der Waals surface area contributed by atoms with Gasteiger partial charge in [0.25, 0.3) is 0 Å². The largest absolute Gasteiger partial charge is 0.353 e. The van der Waals surface area contributed by atoms with Crippen LogP contribution in [-0.4, -0.2) is 66.1 Å². The Morgan fingerprint density at radius 1 is 1.27 bits per heavy atom. The summed E-state index contributed by atoms with van der Waals surface area (Å²) in [5, 5.41) is 5.65. The quantitative estimate of drug-likeness (QED) is 0.834. The van der Waals surface area contributed by atoms with Crippen LogP contribution in [0, 0.1) is 0 Å². The number of pyridine rings is 1. The van der Waals surface area contributed by atoms with Gasteiger partial charge in [0.05, 0.1) is 18.4 Å². The summed E-state index contributed by atoms with van der Waals surface area (Å²) in [6, 6.07) is 3.58. The lowest BCUT2D eigenvalue weighted by atomic mass is 10.3. The Bertz CT molecular complexity index is 545. The van der Waals surface area contributed by atoms with Crippen molar-refractivity contribution in [2.24, 2.45) is 0 Å². The molecule has 0 spiro atoms. The average Bonchev–Trinajstić information content (AvgIpc) is 2.56. The van der Waals surface area contributed by atoms with Gasteiger partial charge in [0, 0.05) is 37.7 Å². The second kappa shape index (κ2) is 6.87. The SMILES string of the molecule is O=C1CN(c2ccc(NC(=O)N3CCSCC3)cn2)CCN1. The van der Waals surface area contributed by atoms with Crippen LogP contribution in [0.25, 0.3) is 0 Å². The first-order valence-corrected chi connectivity index (χ1v) is 8.49. The lowest BCUT2D eigenvalue weighted by Gasteiger charge is -2.28. The Morgan fingerprint density at radius 2 is 2.09 bits per heavy atom. The van der Waals surface area contributed by atoms with E-state index >= 15 is 0 Å². The number of rotatable bonds is 2. The van der Waals surface area contributed by atoms with E-state index in [9.17, 15) is 9.59 Å². The predicted molar refractivity (Wildman–Crippen MR) is 87.4 cm³/mol. The summed E-state index contributed by atoms with van der Waals surface area (Å²) in [5.74, 6) is 2.74. The molecular formula is C14H19N5O2S. The number of nitrogens with zero attached hydrogens (tertiary/aromatic N) is 3. The third-order valence-corrected chi connectivity index (χ3v) is 4.60. The van der Waals surface area contributed by atoms with E-state index in [1.807, 2.05) is 33.7 Å². The fraction of sp³-hybridized carbons (Fsp3) is 0.500. The average molecular weight is 321 g/mol. The molecule has 3 heterocycles. The summed E-state index contributed by atoms with van der Waals surface area (Å²) in [6.45, 7) is 3.27. The van der Waals surface area contributed by atoms with E-state index in [1.165, 1.54) is 0 Å². The third-order valence-electron chi connectivity index (χ3n) is 3.66. The fourth-order valence-corrected chi connectivity index (χ4v) is 3.35. The van der Waals surface area contributed by atoms with Crippen molar-refractivity contribution in [1.82, 2.24) is 15.2 Å². The topological polar surface area (TPSA) is 77.6 Å². The van der Waals surface area contributed by atoms with Gasteiger partial charge in [-0.15, -0.1) is 0 Å². The Kier molecular flexibility index (Phi) is 4.67. The molecule has 2 fully saturated rings. The number of thioether (sulfide) groups is 1. The Morgan fingerprint density at radius 3 is 2.77 bits per heavy atom. The summed E-state index contributed by atoms with van der Waals surface area (Å²) in [4.78, 5) is 31.6. The standard InChI is InChI=1S/C14H19N5O2S/c20-13-10-19(4-3-15-13)12-2-1-11(9-16-12)17-14(21)18-5-7-22-8-6-18/h1-2,9H,3-8,10H2,(H,15,20)(H,17,21). The molecule has 7 nitrogen and oxygen atoms in total. The Labute approximate surface area is 133 Å². The molecular weight excluding hydrogens is 302 g/mol. The van der Waals surface area contributed by atoms with Crippen LogP contribution in [0.5, 0.6) is 0 Å². The molecule has 0 aromatic carbocycles. The molecule has 0 bridgehead atoms. The van der Waals surface area contributed by atoms with Gasteiger partial charge in [0.15, 0.2) is 0 Å². The number of piperazine rings is 1. The number of amides is 3. The van der Waals surface area contributed by atoms with Crippen LogP contribution in [0.15, 0.2) is 18.3 Å². The number of nitrogens with one attached hydrogen (secondary N) is 2. The summed E-state index contributed by atoms with van der Waals surface area (Å²) in [6.07, 6.45) is 1.64. The van der Waals surface area contributed by atoms with Crippen LogP contribution in [0.4, 0.5) is 16.3 Å². The van der Waals surface area contributed by atoms with Gasteiger partial charge in [0.1, 0.15) is 5.82 Å². The van der Waals surface area contributed by atoms with Crippen molar-refractivity contribution in [3.63, 3.8) is 0 Å². The first-order chi connectivity index (χ1) is 10.7. The molecule has 1 aromatic rings. The molecule has 118 valence electrons. The molecule has 2 saturated heterocycles. The van der Waals surface area contributed by atoms with Gasteiger partial charge < -0.3 is 20.4 Å². The molecule has 2 aliphatic rings. The lowest BCUT2D eigenvalue weighted by Crippen LogP contribution is -2.48. The van der Waals surface area contributed by atoms with Gasteiger partial charge in [-0.1, -0.05) is 0 Å². The molecule has 2 N–H and O–H groups in total. The fourth-order valence-electron chi connectivity index (χ4n) is 2.45. The number of aromatic nitrogens is 1. The van der Waals surface area contributed by atoms with Crippen molar-refractivity contribution >= 4 is 35.2 Å². The Balaban J connectivity index is 1.59. The molecule has 0 saturated carbocycles. The zero-order chi connectivity index (χ0) is 15.4. The minimum atomic E-state index is -0.0767. The summed E-state index contributed by atoms with van der Waals surface area (Å²) < 4.78 is 0. The molecule has 0 unspecified atom stereocenters. The van der Waals surface area contributed by atoms with Crippen molar-refractivity contribution < 1.29 is 9.59 Å². The molecule has 2 aliphatic heterocycles. The van der Waals surface area contributed by atoms with Gasteiger partial charge >= 0.3 is 6.03 Å². The first-order valence-electron chi connectivity index (χ1n) is 7.34. The molecule has 1 aromatic heterocycles. The highest BCUT2D eigenvalue weighted by molar-refractivity contribution is 7.99. The molecule has 0 radical (unpaired) electrons. The number of anilines is 2. The number of urea groups is 1. The molecule has 8 heteroatoms. The lowest BCUT2D eigenvalue weighted by molar-refractivity contribution is -0.120. The van der Waals surface area contributed by atoms with Crippen LogP contribution in [0.2, 0.25) is 0 Å². The van der Waals surface area contributed by atoms with Crippen LogP contribution < -0.4 is 15.5 Å². The summed E-state index contributed by atoms with van der Waals surface area (Å²) in [7, 11) is 0. The summed E-state index contributed by atoms with van der Waals surface area (Å²) in [5.41, 5.74) is 0.674. The van der Waals surface area contributed by atoms with Crippen LogP contribution in [0.1, 0.15) is 0 Å². The van der Waals surface area contributed by atoms with Gasteiger partial charge in [-0.25, -0.2) is 9.78 Å². The highest BCUT2D eigenvalue weighted by Crippen LogP contribution is 2.16. The van der Waals surface area contributed by atoms with Crippen LogP contribution >= 0.6 is 11.8 Å². The predicted octanol–water partition coefficient (Wildman–Crippen LogP) is 0.598. The van der Waals surface area contributed by atoms with Crippen LogP contribution in [0.3, 0.4) is 0 Å². The van der Waals surface area contributed by atoms with E-state index in [1.54, 1.807) is 6.20 Å². The zero-order valence-electron chi connectivity index (χ0n) is 12.2. The van der Waals surface area contributed by atoms with E-state index in [4.69, 9.17) is 0 Å². The number of hydrogen-bond acceptors (Lipinski definition) is 5. The zero-order valence-corrected chi connectivity index (χ0v) is 13.1. The first kappa shape index (κ1) is 15.0. The van der Waals surface area contributed by atoms with Gasteiger partial charge in [0.2, 0.25) is 5.91 Å². The Hall–Kier alpha value is -1.96. The van der Waals surface area contributed by atoms with Crippen molar-refractivity contribution in [3.05, 3.63) is 18.3 Å². The second-order valence-corrected chi connectivity index (χ2v) is 6.43. The monoisotopic (exact) mass is 321 g/mol. The van der Waals surface area contributed by atoms with Crippen molar-refractivity contribution in [2.45, 2.75) is 0 Å². The summed E-state index contributed by atoms with van der Waals surface area (Å²) >= 11 is 1.87. The normalized spacial score (nSPS) is 18.8. The minimum Gasteiger partial charge on any atom is -0.353 e. The van der Waals surface area contributed by atoms with Gasteiger partial charge in [-0.2, -0.15) is 11.8 Å². The van der Waals surface area contributed by atoms with Crippen molar-refractivity contribution in [1.29, 1.82) is 0 Å². The molecule has 0 aliphatic carbocycles. The maximum Gasteiger partial charge on any atom is 0.321 e. The maximum atomic E-state index is 12.1. The number of carbonyl (C=O) groups excluding carboxylic acids is 2. The van der Waals surface area contributed by atoms with Gasteiger partial charge in [-0.3, -0.25) is 4.79 Å². The van der Waals surface area contributed by atoms with Crippen LogP contribution in [-0.2, 0) is 4.79 Å². The van der Waals surface area contributed by atoms with E-state index in [2.05, 4.69) is 15.6 Å². The maximum absolute atomic E-state index is 12.1. The van der Waals surface area contributed by atoms with Crippen molar-refractivity contribution in [2.75, 3.05) is 54.4 Å². The van der Waals surface area contributed by atoms with E-state index in [0.717, 1.165) is 37.0 Å². The highest BCUT2D eigenvalue weighted by atomic mass is 32.2. The highest BCUT2D eigenvalue weighted by Gasteiger charge is 2.19. The minimum absolute atomic E-state index is 0.00778. The molecule has 3 amide bonds. The second-order valence-electron chi connectivity index (χ2n) is 5.21. The van der Waals surface area contributed by atoms with E-state index < -0.39 is 0 Å². The molecule has 3 rings (SSSR count). The van der Waals surface area contributed by atoms with Crippen molar-refractivity contribution in [3.8, 4) is 0 Å². The van der Waals surface area contributed by atoms with E-state index in [-0.39, 0.29) is 11.9 Å². The smallest absolute Gasteiger partial charge is 0.321 e. The molecule has 22 heavy (non-hydrogen) atoms. The van der Waals surface area contributed by atoms with Gasteiger partial charge in [-0.05, 0) is 12.1 Å². The number of hydrogen-bond donors (Lipinski definition) is 2. The van der Waals surface area contributed by atoms with E-state index in [0.29, 0.717) is 18.8 Å². The molecule has 0 atom stereocenters. The number of carbonyl (C=O) groups is 2.